The molecule has 1 atom stereocenters. The van der Waals surface area contributed by atoms with E-state index in [2.05, 4.69) is 4.98 Å². The van der Waals surface area contributed by atoms with Gasteiger partial charge in [-0.15, -0.1) is 0 Å². The van der Waals surface area contributed by atoms with Crippen molar-refractivity contribution in [3.63, 3.8) is 0 Å². The largest absolute Gasteiger partial charge is 0.335 e. The average molecular weight is 293 g/mol. The molecule has 0 aliphatic carbocycles. The Morgan fingerprint density at radius 3 is 2.55 bits per heavy atom. The molecule has 0 spiro atoms. The maximum absolute atomic E-state index is 12.9. The molecular weight excluding hydrogens is 279 g/mol. The lowest BCUT2D eigenvalue weighted by Crippen LogP contribution is -2.30. The second kappa shape index (κ2) is 6.01. The van der Waals surface area contributed by atoms with Crippen molar-refractivity contribution in [1.29, 1.82) is 0 Å². The molecule has 2 aromatic rings. The summed E-state index contributed by atoms with van der Waals surface area (Å²) in [5.41, 5.74) is 1.20. The Balaban J connectivity index is 2.22. The van der Waals surface area contributed by atoms with Crippen LogP contribution in [0.3, 0.4) is 0 Å². The quantitative estimate of drug-likeness (QED) is 0.864. The predicted molar refractivity (Wildman–Crippen MR) is 76.2 cm³/mol. The number of hydrogen-bond donors (Lipinski definition) is 0. The molecule has 1 heterocycles. The number of carbonyl (C=O) groups is 1. The molecule has 1 unspecified atom stereocenters. The Kier molecular flexibility index (Phi) is 4.35. The summed E-state index contributed by atoms with van der Waals surface area (Å²) in [5, 5.41) is 0.364. The number of halogens is 2. The van der Waals surface area contributed by atoms with Crippen LogP contribution in [-0.4, -0.2) is 22.8 Å². The van der Waals surface area contributed by atoms with Gasteiger partial charge in [-0.3, -0.25) is 9.78 Å². The number of rotatable bonds is 3. The highest BCUT2D eigenvalue weighted by Gasteiger charge is 2.21. The van der Waals surface area contributed by atoms with Gasteiger partial charge in [0.15, 0.2) is 0 Å². The Hall–Kier alpha value is -1.94. The molecule has 5 heteroatoms. The lowest BCUT2D eigenvalue weighted by Gasteiger charge is -2.25. The molecule has 0 radical (unpaired) electrons. The van der Waals surface area contributed by atoms with E-state index in [-0.39, 0.29) is 17.8 Å². The summed E-state index contributed by atoms with van der Waals surface area (Å²) in [4.78, 5) is 17.8. The summed E-state index contributed by atoms with van der Waals surface area (Å²) in [6, 6.07) is 7.45. The van der Waals surface area contributed by atoms with E-state index in [0.29, 0.717) is 10.6 Å². The predicted octanol–water partition coefficient (Wildman–Crippen LogP) is 3.71. The lowest BCUT2D eigenvalue weighted by molar-refractivity contribution is 0.0742. The summed E-state index contributed by atoms with van der Waals surface area (Å²) in [5.74, 6) is -0.523. The van der Waals surface area contributed by atoms with Crippen LogP contribution in [-0.2, 0) is 0 Å². The minimum Gasteiger partial charge on any atom is -0.335 e. The standard InChI is InChI=1S/C15H14ClFN2O/c1-10(11-3-5-12(17)6-4-11)19(2)15(20)13-9-18-8-7-14(13)16/h3-10H,1-2H3. The van der Waals surface area contributed by atoms with E-state index >= 15 is 0 Å². The van der Waals surface area contributed by atoms with E-state index in [0.717, 1.165) is 5.56 Å². The number of pyridine rings is 1. The molecule has 0 aliphatic heterocycles. The molecule has 104 valence electrons. The van der Waals surface area contributed by atoms with Crippen LogP contribution in [0.15, 0.2) is 42.7 Å². The first kappa shape index (κ1) is 14.5. The van der Waals surface area contributed by atoms with Crippen molar-refractivity contribution >= 4 is 17.5 Å². The second-order valence-electron chi connectivity index (χ2n) is 4.50. The molecule has 2 rings (SSSR count). The third-order valence-corrected chi connectivity index (χ3v) is 3.58. The first-order valence-electron chi connectivity index (χ1n) is 6.13. The molecule has 0 N–H and O–H groups in total. The van der Waals surface area contributed by atoms with Gasteiger partial charge in [0.25, 0.3) is 5.91 Å². The van der Waals surface area contributed by atoms with Gasteiger partial charge in [0.05, 0.1) is 16.6 Å². The van der Waals surface area contributed by atoms with Gasteiger partial charge in [-0.1, -0.05) is 23.7 Å². The van der Waals surface area contributed by atoms with Crippen molar-refractivity contribution in [3.05, 3.63) is 64.7 Å². The molecular formula is C15H14ClFN2O. The van der Waals surface area contributed by atoms with Gasteiger partial charge in [-0.05, 0) is 30.7 Å². The SMILES string of the molecule is CC(c1ccc(F)cc1)N(C)C(=O)c1cnccc1Cl. The van der Waals surface area contributed by atoms with Crippen LogP contribution < -0.4 is 0 Å². The molecule has 1 aromatic heterocycles. The maximum atomic E-state index is 12.9. The smallest absolute Gasteiger partial charge is 0.257 e. The van der Waals surface area contributed by atoms with Gasteiger partial charge in [0.1, 0.15) is 5.82 Å². The molecule has 0 saturated heterocycles. The lowest BCUT2D eigenvalue weighted by atomic mass is 10.1. The molecule has 1 aromatic carbocycles. The highest BCUT2D eigenvalue weighted by Crippen LogP contribution is 2.23. The van der Waals surface area contributed by atoms with Gasteiger partial charge in [-0.2, -0.15) is 0 Å². The van der Waals surface area contributed by atoms with E-state index in [1.807, 2.05) is 6.92 Å². The third kappa shape index (κ3) is 2.96. The summed E-state index contributed by atoms with van der Waals surface area (Å²) < 4.78 is 12.9. The van der Waals surface area contributed by atoms with Gasteiger partial charge in [-0.25, -0.2) is 4.39 Å². The van der Waals surface area contributed by atoms with Crippen LogP contribution in [0, 0.1) is 5.82 Å². The topological polar surface area (TPSA) is 33.2 Å². The van der Waals surface area contributed by atoms with Crippen LogP contribution in [0.1, 0.15) is 28.9 Å². The van der Waals surface area contributed by atoms with E-state index in [1.165, 1.54) is 24.5 Å². The van der Waals surface area contributed by atoms with Gasteiger partial charge in [0, 0.05) is 19.4 Å². The summed E-state index contributed by atoms with van der Waals surface area (Å²) >= 11 is 6.00. The van der Waals surface area contributed by atoms with Crippen LogP contribution >= 0.6 is 11.6 Å². The molecule has 20 heavy (non-hydrogen) atoms. The number of hydrogen-bond acceptors (Lipinski definition) is 2. The fourth-order valence-corrected chi connectivity index (χ4v) is 2.05. The van der Waals surface area contributed by atoms with Crippen molar-refractivity contribution in [1.82, 2.24) is 9.88 Å². The van der Waals surface area contributed by atoms with Crippen molar-refractivity contribution in [3.8, 4) is 0 Å². The number of aromatic nitrogens is 1. The van der Waals surface area contributed by atoms with Crippen molar-refractivity contribution in [2.24, 2.45) is 0 Å². The molecule has 1 amide bonds. The Labute approximate surface area is 122 Å². The van der Waals surface area contributed by atoms with E-state index < -0.39 is 0 Å². The summed E-state index contributed by atoms with van der Waals surface area (Å²) in [6.07, 6.45) is 2.97. The fourth-order valence-electron chi connectivity index (χ4n) is 1.87. The van der Waals surface area contributed by atoms with Crippen LogP contribution in [0.25, 0.3) is 0 Å². The fraction of sp³-hybridized carbons (Fsp3) is 0.200. The van der Waals surface area contributed by atoms with Gasteiger partial charge < -0.3 is 4.90 Å². The van der Waals surface area contributed by atoms with E-state index in [1.54, 1.807) is 30.1 Å². The van der Waals surface area contributed by atoms with Crippen molar-refractivity contribution in [2.45, 2.75) is 13.0 Å². The van der Waals surface area contributed by atoms with Crippen molar-refractivity contribution < 1.29 is 9.18 Å². The minimum atomic E-state index is -0.301. The number of benzene rings is 1. The Morgan fingerprint density at radius 2 is 1.95 bits per heavy atom. The zero-order valence-corrected chi connectivity index (χ0v) is 11.9. The van der Waals surface area contributed by atoms with Crippen LogP contribution in [0.2, 0.25) is 5.02 Å². The first-order valence-corrected chi connectivity index (χ1v) is 6.50. The molecule has 0 aliphatic rings. The zero-order chi connectivity index (χ0) is 14.7. The molecule has 0 fully saturated rings. The highest BCUT2D eigenvalue weighted by atomic mass is 35.5. The minimum absolute atomic E-state index is 0.195. The van der Waals surface area contributed by atoms with Crippen LogP contribution in [0.4, 0.5) is 4.39 Å². The third-order valence-electron chi connectivity index (χ3n) is 3.25. The van der Waals surface area contributed by atoms with Gasteiger partial charge >= 0.3 is 0 Å². The number of nitrogens with zero attached hydrogens (tertiary/aromatic N) is 2. The highest BCUT2D eigenvalue weighted by molar-refractivity contribution is 6.33. The average Bonchev–Trinajstić information content (AvgIpc) is 2.46. The Bertz CT molecular complexity index is 616. The normalized spacial score (nSPS) is 12.0. The zero-order valence-electron chi connectivity index (χ0n) is 11.2. The summed E-state index contributed by atoms with van der Waals surface area (Å²) in [6.45, 7) is 1.87. The Morgan fingerprint density at radius 1 is 1.30 bits per heavy atom. The summed E-state index contributed by atoms with van der Waals surface area (Å²) in [7, 11) is 1.68. The maximum Gasteiger partial charge on any atom is 0.257 e. The van der Waals surface area contributed by atoms with E-state index in [9.17, 15) is 9.18 Å². The number of carbonyl (C=O) groups excluding carboxylic acids is 1. The first-order chi connectivity index (χ1) is 9.50. The molecule has 3 nitrogen and oxygen atoms in total. The van der Waals surface area contributed by atoms with Crippen molar-refractivity contribution in [2.75, 3.05) is 7.05 Å². The molecule has 0 saturated carbocycles. The number of amides is 1. The molecule has 0 bridgehead atoms. The van der Waals surface area contributed by atoms with Crippen LogP contribution in [0.5, 0.6) is 0 Å². The van der Waals surface area contributed by atoms with Gasteiger partial charge in [0.2, 0.25) is 0 Å². The second-order valence-corrected chi connectivity index (χ2v) is 4.91. The monoisotopic (exact) mass is 292 g/mol. The van der Waals surface area contributed by atoms with E-state index in [4.69, 9.17) is 11.6 Å².